The van der Waals surface area contributed by atoms with Crippen LogP contribution < -0.4 is 5.32 Å². The lowest BCUT2D eigenvalue weighted by Crippen LogP contribution is -2.36. The molecule has 2 rings (SSSR count). The van der Waals surface area contributed by atoms with E-state index in [2.05, 4.69) is 11.9 Å². The number of aliphatic hydroxyl groups is 1. The van der Waals surface area contributed by atoms with E-state index >= 15 is 0 Å². The van der Waals surface area contributed by atoms with E-state index in [1.165, 1.54) is 0 Å². The third-order valence-electron chi connectivity index (χ3n) is 3.85. The Hall–Kier alpha value is -2.39. The third kappa shape index (κ3) is 5.08. The van der Waals surface area contributed by atoms with Crippen LogP contribution in [0.2, 0.25) is 0 Å². The van der Waals surface area contributed by atoms with E-state index in [4.69, 9.17) is 0 Å². The highest BCUT2D eigenvalue weighted by Crippen LogP contribution is 2.17. The van der Waals surface area contributed by atoms with Gasteiger partial charge in [0.25, 0.3) is 0 Å². The van der Waals surface area contributed by atoms with Crippen molar-refractivity contribution in [3.05, 3.63) is 84.4 Å². The summed E-state index contributed by atoms with van der Waals surface area (Å²) in [6.45, 7) is 3.63. The minimum Gasteiger partial charge on any atom is -0.394 e. The van der Waals surface area contributed by atoms with Crippen molar-refractivity contribution in [2.75, 3.05) is 6.61 Å². The van der Waals surface area contributed by atoms with E-state index in [0.717, 1.165) is 11.1 Å². The molecule has 0 aromatic heterocycles. The van der Waals surface area contributed by atoms with Gasteiger partial charge in [-0.2, -0.15) is 0 Å². The lowest BCUT2D eigenvalue weighted by Gasteiger charge is -2.21. The van der Waals surface area contributed by atoms with Crippen LogP contribution in [0.25, 0.3) is 0 Å². The molecular weight excluding hydrogens is 286 g/mol. The first-order chi connectivity index (χ1) is 11.2. The normalized spacial score (nSPS) is 13.1. The third-order valence-corrected chi connectivity index (χ3v) is 3.85. The molecule has 3 nitrogen and oxygen atoms in total. The van der Waals surface area contributed by atoms with Gasteiger partial charge in [0.1, 0.15) is 0 Å². The smallest absolute Gasteiger partial charge is 0.224 e. The zero-order valence-electron chi connectivity index (χ0n) is 13.2. The second-order valence-electron chi connectivity index (χ2n) is 5.57. The van der Waals surface area contributed by atoms with Gasteiger partial charge in [-0.1, -0.05) is 66.7 Å². The van der Waals surface area contributed by atoms with Crippen molar-refractivity contribution in [1.29, 1.82) is 0 Å². The number of hydrogen-bond donors (Lipinski definition) is 2. The number of amides is 1. The Morgan fingerprint density at radius 2 is 1.70 bits per heavy atom. The Bertz CT molecular complexity index is 610. The summed E-state index contributed by atoms with van der Waals surface area (Å²) in [5.41, 5.74) is 2.02. The molecule has 2 atom stereocenters. The Labute approximate surface area is 137 Å². The van der Waals surface area contributed by atoms with Crippen LogP contribution in [-0.4, -0.2) is 17.6 Å². The number of allylic oxidation sites excluding steroid dienone is 1. The predicted octanol–water partition coefficient (Wildman–Crippen LogP) is 3.27. The molecule has 3 heteroatoms. The fraction of sp³-hybridized carbons (Fsp3) is 0.250. The maximum absolute atomic E-state index is 12.6. The summed E-state index contributed by atoms with van der Waals surface area (Å²) in [4.78, 5) is 12.6. The first-order valence-corrected chi connectivity index (χ1v) is 7.85. The van der Waals surface area contributed by atoms with E-state index in [9.17, 15) is 9.90 Å². The van der Waals surface area contributed by atoms with Crippen molar-refractivity contribution in [1.82, 2.24) is 5.32 Å². The van der Waals surface area contributed by atoms with E-state index in [1.54, 1.807) is 6.08 Å². The molecule has 0 saturated heterocycles. The van der Waals surface area contributed by atoms with Gasteiger partial charge in [-0.05, 0) is 24.0 Å². The highest BCUT2D eigenvalue weighted by molar-refractivity contribution is 5.79. The predicted molar refractivity (Wildman–Crippen MR) is 92.9 cm³/mol. The van der Waals surface area contributed by atoms with Gasteiger partial charge in [0.2, 0.25) is 5.91 Å². The quantitative estimate of drug-likeness (QED) is 0.735. The van der Waals surface area contributed by atoms with Crippen LogP contribution in [0.4, 0.5) is 0 Å². The molecule has 23 heavy (non-hydrogen) atoms. The summed E-state index contributed by atoms with van der Waals surface area (Å²) >= 11 is 0. The molecule has 0 bridgehead atoms. The fourth-order valence-electron chi connectivity index (χ4n) is 2.59. The Kier molecular flexibility index (Phi) is 6.57. The average molecular weight is 309 g/mol. The highest BCUT2D eigenvalue weighted by Gasteiger charge is 2.21. The van der Waals surface area contributed by atoms with Crippen molar-refractivity contribution in [3.63, 3.8) is 0 Å². The Morgan fingerprint density at radius 1 is 1.09 bits per heavy atom. The molecule has 0 radical (unpaired) electrons. The number of rotatable bonds is 8. The number of carbonyl (C=O) groups excluding carboxylic acids is 1. The summed E-state index contributed by atoms with van der Waals surface area (Å²) in [6, 6.07) is 19.1. The average Bonchev–Trinajstić information content (AvgIpc) is 2.60. The monoisotopic (exact) mass is 309 g/mol. The molecule has 0 fully saturated rings. The largest absolute Gasteiger partial charge is 0.394 e. The SMILES string of the molecule is C=CCC(Cc1ccccc1)C(=O)N[C@@H](CO)c1ccccc1. The van der Waals surface area contributed by atoms with Crippen molar-refractivity contribution in [3.8, 4) is 0 Å². The number of carbonyl (C=O) groups is 1. The van der Waals surface area contributed by atoms with Crippen LogP contribution in [-0.2, 0) is 11.2 Å². The first-order valence-electron chi connectivity index (χ1n) is 7.85. The molecule has 0 aliphatic carbocycles. The summed E-state index contributed by atoms with van der Waals surface area (Å²) in [7, 11) is 0. The summed E-state index contributed by atoms with van der Waals surface area (Å²) in [6.07, 6.45) is 3.03. The van der Waals surface area contributed by atoms with Crippen LogP contribution in [0.3, 0.4) is 0 Å². The molecule has 0 heterocycles. The molecule has 0 saturated carbocycles. The topological polar surface area (TPSA) is 49.3 Å². The molecule has 2 N–H and O–H groups in total. The number of benzene rings is 2. The summed E-state index contributed by atoms with van der Waals surface area (Å²) < 4.78 is 0. The van der Waals surface area contributed by atoms with Crippen molar-refractivity contribution in [2.45, 2.75) is 18.9 Å². The molecule has 0 aliphatic rings. The van der Waals surface area contributed by atoms with E-state index in [1.807, 2.05) is 60.7 Å². The second kappa shape index (κ2) is 8.91. The van der Waals surface area contributed by atoms with Crippen LogP contribution >= 0.6 is 0 Å². The maximum Gasteiger partial charge on any atom is 0.224 e. The molecular formula is C20H23NO2. The fourth-order valence-corrected chi connectivity index (χ4v) is 2.59. The standard InChI is InChI=1S/C20H23NO2/c1-2-9-18(14-16-10-5-3-6-11-16)20(23)21-19(15-22)17-12-7-4-8-13-17/h2-8,10-13,18-19,22H,1,9,14-15H2,(H,21,23)/t18?,19-/m0/s1. The Balaban J connectivity index is 2.06. The van der Waals surface area contributed by atoms with Gasteiger partial charge in [0, 0.05) is 5.92 Å². The van der Waals surface area contributed by atoms with E-state index in [-0.39, 0.29) is 24.5 Å². The first kappa shape index (κ1) is 17.0. The van der Waals surface area contributed by atoms with Gasteiger partial charge in [-0.15, -0.1) is 6.58 Å². The lowest BCUT2D eigenvalue weighted by molar-refractivity contribution is -0.126. The van der Waals surface area contributed by atoms with Gasteiger partial charge < -0.3 is 10.4 Å². The van der Waals surface area contributed by atoms with Gasteiger partial charge in [0.15, 0.2) is 0 Å². The van der Waals surface area contributed by atoms with Gasteiger partial charge >= 0.3 is 0 Å². The van der Waals surface area contributed by atoms with Gasteiger partial charge in [0.05, 0.1) is 12.6 Å². The number of nitrogens with one attached hydrogen (secondary N) is 1. The molecule has 0 aliphatic heterocycles. The van der Waals surface area contributed by atoms with Crippen molar-refractivity contribution in [2.24, 2.45) is 5.92 Å². The molecule has 1 unspecified atom stereocenters. The lowest BCUT2D eigenvalue weighted by atomic mass is 9.94. The highest BCUT2D eigenvalue weighted by atomic mass is 16.3. The van der Waals surface area contributed by atoms with Crippen LogP contribution in [0.5, 0.6) is 0 Å². The molecule has 0 spiro atoms. The van der Waals surface area contributed by atoms with Crippen LogP contribution in [0, 0.1) is 5.92 Å². The second-order valence-corrected chi connectivity index (χ2v) is 5.57. The van der Waals surface area contributed by atoms with E-state index < -0.39 is 0 Å². The summed E-state index contributed by atoms with van der Waals surface area (Å²) in [5, 5.41) is 12.5. The minimum absolute atomic E-state index is 0.0587. The maximum atomic E-state index is 12.6. The molecule has 120 valence electrons. The zero-order chi connectivity index (χ0) is 16.5. The summed E-state index contributed by atoms with van der Waals surface area (Å²) in [5.74, 6) is -0.246. The Morgan fingerprint density at radius 3 is 2.26 bits per heavy atom. The van der Waals surface area contributed by atoms with Crippen LogP contribution in [0.1, 0.15) is 23.6 Å². The number of hydrogen-bond acceptors (Lipinski definition) is 2. The number of aliphatic hydroxyl groups excluding tert-OH is 1. The minimum atomic E-state index is -0.383. The molecule has 2 aromatic carbocycles. The van der Waals surface area contributed by atoms with Crippen molar-refractivity contribution >= 4 is 5.91 Å². The van der Waals surface area contributed by atoms with Crippen molar-refractivity contribution < 1.29 is 9.90 Å². The van der Waals surface area contributed by atoms with Gasteiger partial charge in [-0.3, -0.25) is 4.79 Å². The van der Waals surface area contributed by atoms with Gasteiger partial charge in [-0.25, -0.2) is 0 Å². The van der Waals surface area contributed by atoms with Crippen LogP contribution in [0.15, 0.2) is 73.3 Å². The molecule has 2 aromatic rings. The van der Waals surface area contributed by atoms with E-state index in [0.29, 0.717) is 12.8 Å². The zero-order valence-corrected chi connectivity index (χ0v) is 13.2. The molecule has 1 amide bonds.